The fourth-order valence-corrected chi connectivity index (χ4v) is 4.04. The van der Waals surface area contributed by atoms with Crippen LogP contribution in [0, 0.1) is 17.8 Å². The van der Waals surface area contributed by atoms with Gasteiger partial charge in [-0.2, -0.15) is 0 Å². The number of benzene rings is 2. The average molecular weight is 457 g/mol. The van der Waals surface area contributed by atoms with Gasteiger partial charge in [0.2, 0.25) is 0 Å². The van der Waals surface area contributed by atoms with Crippen molar-refractivity contribution in [3.05, 3.63) is 89.0 Å². The van der Waals surface area contributed by atoms with Gasteiger partial charge in [0.1, 0.15) is 0 Å². The van der Waals surface area contributed by atoms with Crippen molar-refractivity contribution in [1.29, 1.82) is 0 Å². The highest BCUT2D eigenvalue weighted by Crippen LogP contribution is 2.41. The van der Waals surface area contributed by atoms with Crippen molar-refractivity contribution in [3.8, 4) is 11.8 Å². The quantitative estimate of drug-likeness (QED) is 0.534. The standard InChI is InChI=1S/C28H28N2O4/c1-18(31)26(28(33)34-3)29-27(32)22-15-11-20(12-16-22)8-7-19-9-13-21(14-10-19)24-6-4-5-23-17-25(23)30(24)2/h4-6,9-16,18,23,25-26,31H,17H2,1-3H3,(H,29,32)/t18-,23?,25?,26+/m1/s1. The second-order valence-corrected chi connectivity index (χ2v) is 8.63. The normalized spacial score (nSPS) is 20.0. The van der Waals surface area contributed by atoms with E-state index in [0.717, 1.165) is 11.1 Å². The van der Waals surface area contributed by atoms with Crippen molar-refractivity contribution < 1.29 is 19.4 Å². The van der Waals surface area contributed by atoms with Crippen LogP contribution in [-0.2, 0) is 9.53 Å². The summed E-state index contributed by atoms with van der Waals surface area (Å²) in [6, 6.07) is 14.4. The summed E-state index contributed by atoms with van der Waals surface area (Å²) in [7, 11) is 3.36. The summed E-state index contributed by atoms with van der Waals surface area (Å²) in [4.78, 5) is 26.5. The minimum Gasteiger partial charge on any atom is -0.467 e. The number of amides is 1. The van der Waals surface area contributed by atoms with E-state index in [1.807, 2.05) is 12.1 Å². The van der Waals surface area contributed by atoms with Crippen molar-refractivity contribution in [2.45, 2.75) is 31.5 Å². The fourth-order valence-electron chi connectivity index (χ4n) is 4.04. The molecule has 2 aliphatic rings. The van der Waals surface area contributed by atoms with Gasteiger partial charge in [-0.3, -0.25) is 4.79 Å². The molecule has 1 fully saturated rings. The summed E-state index contributed by atoms with van der Waals surface area (Å²) in [5.41, 5.74) is 4.41. The number of nitrogens with one attached hydrogen (secondary N) is 1. The highest BCUT2D eigenvalue weighted by atomic mass is 16.5. The number of aliphatic hydroxyl groups is 1. The van der Waals surface area contributed by atoms with E-state index in [0.29, 0.717) is 17.5 Å². The molecule has 6 heteroatoms. The molecule has 1 aliphatic carbocycles. The van der Waals surface area contributed by atoms with Crippen LogP contribution in [0.4, 0.5) is 0 Å². The van der Waals surface area contributed by atoms with Gasteiger partial charge in [0.25, 0.3) is 5.91 Å². The number of hydrogen-bond donors (Lipinski definition) is 2. The van der Waals surface area contributed by atoms with Crippen LogP contribution in [0.2, 0.25) is 0 Å². The van der Waals surface area contributed by atoms with E-state index in [9.17, 15) is 14.7 Å². The van der Waals surface area contributed by atoms with E-state index in [1.165, 1.54) is 31.7 Å². The number of carbonyl (C=O) groups is 2. The molecule has 2 N–H and O–H groups in total. The molecule has 2 aromatic carbocycles. The molecule has 1 aliphatic heterocycles. The third kappa shape index (κ3) is 5.22. The molecule has 1 amide bonds. The van der Waals surface area contributed by atoms with Gasteiger partial charge in [-0.1, -0.05) is 36.1 Å². The molecule has 6 nitrogen and oxygen atoms in total. The number of aliphatic hydroxyl groups excluding tert-OH is 1. The number of methoxy groups -OCH3 is 1. The number of rotatable bonds is 5. The lowest BCUT2D eigenvalue weighted by Crippen LogP contribution is -2.48. The molecule has 34 heavy (non-hydrogen) atoms. The van der Waals surface area contributed by atoms with Gasteiger partial charge in [-0.05, 0) is 67.3 Å². The molecule has 0 bridgehead atoms. The summed E-state index contributed by atoms with van der Waals surface area (Å²) >= 11 is 0. The van der Waals surface area contributed by atoms with Gasteiger partial charge in [0.05, 0.1) is 13.2 Å². The Bertz CT molecular complexity index is 1180. The molecule has 0 saturated heterocycles. The summed E-state index contributed by atoms with van der Waals surface area (Å²) in [5.74, 6) is 5.77. The number of carbonyl (C=O) groups excluding carboxylic acids is 2. The van der Waals surface area contributed by atoms with Crippen LogP contribution in [-0.4, -0.2) is 54.2 Å². The highest BCUT2D eigenvalue weighted by molar-refractivity contribution is 5.97. The fraction of sp³-hybridized carbons (Fsp3) is 0.286. The van der Waals surface area contributed by atoms with Crippen molar-refractivity contribution in [2.75, 3.05) is 14.2 Å². The van der Waals surface area contributed by atoms with E-state index in [1.54, 1.807) is 24.3 Å². The first kappa shape index (κ1) is 23.3. The molecule has 1 heterocycles. The minimum absolute atomic E-state index is 0.359. The predicted octanol–water partition coefficient (Wildman–Crippen LogP) is 2.97. The highest BCUT2D eigenvalue weighted by Gasteiger charge is 2.40. The summed E-state index contributed by atoms with van der Waals surface area (Å²) in [6.45, 7) is 1.41. The SMILES string of the molecule is COC(=O)[C@@H](NC(=O)c1ccc(C#Cc2ccc(C3=CC=CC4CC4N3C)cc2)cc1)[C@@H](C)O. The van der Waals surface area contributed by atoms with Crippen LogP contribution >= 0.6 is 0 Å². The number of fused-ring (bicyclic) bond motifs is 1. The third-order valence-corrected chi connectivity index (χ3v) is 6.20. The molecule has 4 rings (SSSR count). The van der Waals surface area contributed by atoms with Crippen LogP contribution in [0.15, 0.2) is 66.8 Å². The maximum atomic E-state index is 12.4. The smallest absolute Gasteiger partial charge is 0.331 e. The second-order valence-electron chi connectivity index (χ2n) is 8.63. The molecule has 0 spiro atoms. The zero-order valence-corrected chi connectivity index (χ0v) is 19.5. The van der Waals surface area contributed by atoms with Crippen molar-refractivity contribution in [3.63, 3.8) is 0 Å². The predicted molar refractivity (Wildman–Crippen MR) is 131 cm³/mol. The van der Waals surface area contributed by atoms with E-state index in [-0.39, 0.29) is 0 Å². The van der Waals surface area contributed by atoms with Gasteiger partial charge >= 0.3 is 5.97 Å². The van der Waals surface area contributed by atoms with E-state index in [2.05, 4.69) is 64.2 Å². The first-order valence-electron chi connectivity index (χ1n) is 11.3. The molecule has 1 saturated carbocycles. The van der Waals surface area contributed by atoms with E-state index >= 15 is 0 Å². The third-order valence-electron chi connectivity index (χ3n) is 6.20. The monoisotopic (exact) mass is 456 g/mol. The minimum atomic E-state index is -1.13. The second kappa shape index (κ2) is 9.98. The van der Waals surface area contributed by atoms with E-state index < -0.39 is 24.0 Å². The molecule has 4 atom stereocenters. The van der Waals surface area contributed by atoms with Gasteiger partial charge in [-0.25, -0.2) is 4.79 Å². The first-order valence-corrected chi connectivity index (χ1v) is 11.3. The van der Waals surface area contributed by atoms with Crippen LogP contribution in [0.25, 0.3) is 5.70 Å². The van der Waals surface area contributed by atoms with Gasteiger partial charge < -0.3 is 20.1 Å². The maximum absolute atomic E-state index is 12.4. The lowest BCUT2D eigenvalue weighted by Gasteiger charge is -2.22. The molecule has 0 aromatic heterocycles. The molecule has 174 valence electrons. The summed E-state index contributed by atoms with van der Waals surface area (Å²) in [6.07, 6.45) is 6.75. The average Bonchev–Trinajstić information content (AvgIpc) is 3.64. The Morgan fingerprint density at radius 3 is 2.29 bits per heavy atom. The van der Waals surface area contributed by atoms with Gasteiger partial charge in [0, 0.05) is 35.5 Å². The van der Waals surface area contributed by atoms with Gasteiger partial charge in [0.15, 0.2) is 6.04 Å². The van der Waals surface area contributed by atoms with Crippen LogP contribution in [0.1, 0.15) is 40.4 Å². The Labute approximate surface area is 199 Å². The number of ether oxygens (including phenoxy) is 1. The molecule has 2 aromatic rings. The van der Waals surface area contributed by atoms with Crippen molar-refractivity contribution in [1.82, 2.24) is 10.2 Å². The topological polar surface area (TPSA) is 78.9 Å². The molecular formula is C28H28N2O4. The zero-order chi connectivity index (χ0) is 24.2. The Kier molecular flexibility index (Phi) is 6.85. The Morgan fingerprint density at radius 1 is 1.09 bits per heavy atom. The van der Waals surface area contributed by atoms with Gasteiger partial charge in [-0.15, -0.1) is 0 Å². The molecular weight excluding hydrogens is 428 g/mol. The summed E-state index contributed by atoms with van der Waals surface area (Å²) < 4.78 is 4.62. The molecule has 2 unspecified atom stereocenters. The Morgan fingerprint density at radius 2 is 1.71 bits per heavy atom. The number of nitrogens with zero attached hydrogens (tertiary/aromatic N) is 1. The lowest BCUT2D eigenvalue weighted by molar-refractivity contribution is -0.145. The maximum Gasteiger partial charge on any atom is 0.331 e. The van der Waals surface area contributed by atoms with Crippen LogP contribution in [0.3, 0.4) is 0 Å². The Balaban J connectivity index is 1.40. The van der Waals surface area contributed by atoms with Crippen molar-refractivity contribution >= 4 is 17.6 Å². The van der Waals surface area contributed by atoms with Crippen LogP contribution < -0.4 is 5.32 Å². The zero-order valence-electron chi connectivity index (χ0n) is 19.5. The largest absolute Gasteiger partial charge is 0.467 e. The Hall–Kier alpha value is -3.82. The van der Waals surface area contributed by atoms with Crippen LogP contribution in [0.5, 0.6) is 0 Å². The lowest BCUT2D eigenvalue weighted by atomic mass is 10.1. The van der Waals surface area contributed by atoms with E-state index in [4.69, 9.17) is 0 Å². The molecule has 0 radical (unpaired) electrons. The van der Waals surface area contributed by atoms with Crippen molar-refractivity contribution in [2.24, 2.45) is 5.92 Å². The number of esters is 1. The number of allylic oxidation sites excluding steroid dienone is 2. The summed E-state index contributed by atoms with van der Waals surface area (Å²) in [5, 5.41) is 12.2. The first-order chi connectivity index (χ1) is 16.4. The number of hydrogen-bond acceptors (Lipinski definition) is 5.